The molecule has 0 atom stereocenters. The minimum Gasteiger partial charge on any atom is -0.436 e. The smallest absolute Gasteiger partial charge is 0.418 e. The summed E-state index contributed by atoms with van der Waals surface area (Å²) in [6.45, 7) is 8.34. The van der Waals surface area contributed by atoms with Gasteiger partial charge in [-0.25, -0.2) is 4.79 Å². The van der Waals surface area contributed by atoms with Crippen molar-refractivity contribution >= 4 is 12.0 Å². The minimum absolute atomic E-state index is 0.0806. The van der Waals surface area contributed by atoms with Gasteiger partial charge in [-0.15, -0.1) is 5.92 Å². The Kier molecular flexibility index (Phi) is 8.00. The predicted molar refractivity (Wildman–Crippen MR) is 105 cm³/mol. The summed E-state index contributed by atoms with van der Waals surface area (Å²) < 4.78 is 5.07. The number of carbonyl (C=O) groups excluding carboxylic acids is 2. The van der Waals surface area contributed by atoms with Crippen LogP contribution < -0.4 is 5.32 Å². The van der Waals surface area contributed by atoms with Crippen molar-refractivity contribution in [1.29, 1.82) is 0 Å². The molecule has 2 rings (SSSR count). The number of carbonyl (C=O) groups is 2. The number of allylic oxidation sites excluding steroid dienone is 3. The number of rotatable bonds is 5. The molecule has 2 aliphatic rings. The molecule has 0 aromatic carbocycles. The number of hydrogen-bond acceptors (Lipinski definition) is 4. The summed E-state index contributed by atoms with van der Waals surface area (Å²) in [4.78, 5) is 27.9. The Hall–Kier alpha value is -2.68. The maximum absolute atomic E-state index is 12.2. The molecule has 0 spiro atoms. The molecule has 0 aliphatic carbocycles. The topological polar surface area (TPSA) is 61.9 Å². The molecule has 6 nitrogen and oxygen atoms in total. The van der Waals surface area contributed by atoms with E-state index in [1.807, 2.05) is 18.2 Å². The van der Waals surface area contributed by atoms with Crippen LogP contribution >= 0.6 is 0 Å². The van der Waals surface area contributed by atoms with Crippen LogP contribution in [0.2, 0.25) is 0 Å². The van der Waals surface area contributed by atoms with Crippen molar-refractivity contribution in [2.75, 3.05) is 26.2 Å². The Morgan fingerprint density at radius 1 is 1.30 bits per heavy atom. The molecule has 146 valence electrons. The summed E-state index contributed by atoms with van der Waals surface area (Å²) in [5.74, 6) is 6.10. The zero-order valence-electron chi connectivity index (χ0n) is 16.4. The van der Waals surface area contributed by atoms with Crippen LogP contribution in [-0.2, 0) is 9.53 Å². The Bertz CT molecular complexity index is 675. The summed E-state index contributed by atoms with van der Waals surface area (Å²) in [6.07, 6.45) is 10.3. The highest BCUT2D eigenvalue weighted by atomic mass is 16.6. The highest BCUT2D eigenvalue weighted by Gasteiger charge is 2.25. The van der Waals surface area contributed by atoms with E-state index in [1.54, 1.807) is 19.3 Å². The summed E-state index contributed by atoms with van der Waals surface area (Å²) in [7, 11) is 0. The largest absolute Gasteiger partial charge is 0.436 e. The number of nitrogens with zero attached hydrogens (tertiary/aromatic N) is 2. The van der Waals surface area contributed by atoms with E-state index < -0.39 is 6.09 Å². The first-order chi connectivity index (χ1) is 13.0. The Morgan fingerprint density at radius 3 is 2.70 bits per heavy atom. The molecule has 0 aromatic rings. The molecule has 1 N–H and O–H groups in total. The van der Waals surface area contributed by atoms with Crippen LogP contribution in [0, 0.1) is 23.7 Å². The van der Waals surface area contributed by atoms with Gasteiger partial charge in [0.15, 0.2) is 6.61 Å². The van der Waals surface area contributed by atoms with E-state index in [2.05, 4.69) is 35.9 Å². The minimum atomic E-state index is -0.458. The van der Waals surface area contributed by atoms with Crippen molar-refractivity contribution in [2.45, 2.75) is 33.6 Å². The number of hydrogen-bond donors (Lipinski definition) is 1. The molecule has 6 heteroatoms. The van der Waals surface area contributed by atoms with E-state index in [0.717, 1.165) is 38.2 Å². The Balaban J connectivity index is 1.84. The lowest BCUT2D eigenvalue weighted by Crippen LogP contribution is -2.40. The van der Waals surface area contributed by atoms with E-state index in [0.29, 0.717) is 5.92 Å². The van der Waals surface area contributed by atoms with Crippen molar-refractivity contribution in [2.24, 2.45) is 11.8 Å². The van der Waals surface area contributed by atoms with Crippen LogP contribution in [0.4, 0.5) is 4.79 Å². The van der Waals surface area contributed by atoms with Gasteiger partial charge in [-0.3, -0.25) is 9.69 Å². The van der Waals surface area contributed by atoms with Gasteiger partial charge in [-0.05, 0) is 43.9 Å². The van der Waals surface area contributed by atoms with Crippen molar-refractivity contribution in [3.63, 3.8) is 0 Å². The first kappa shape index (κ1) is 20.6. The average Bonchev–Trinajstić information content (AvgIpc) is 2.92. The molecular formula is C21H29N3O3. The monoisotopic (exact) mass is 371 g/mol. The van der Waals surface area contributed by atoms with Crippen molar-refractivity contribution in [3.05, 3.63) is 36.3 Å². The van der Waals surface area contributed by atoms with Gasteiger partial charge in [-0.1, -0.05) is 19.8 Å². The molecular weight excluding hydrogens is 342 g/mol. The van der Waals surface area contributed by atoms with Gasteiger partial charge in [0, 0.05) is 43.6 Å². The van der Waals surface area contributed by atoms with Crippen LogP contribution in [-0.4, -0.2) is 48.0 Å². The molecule has 2 aliphatic heterocycles. The molecule has 1 fully saturated rings. The lowest BCUT2D eigenvalue weighted by Gasteiger charge is -2.33. The van der Waals surface area contributed by atoms with Crippen molar-refractivity contribution < 1.29 is 14.3 Å². The fourth-order valence-corrected chi connectivity index (χ4v) is 2.92. The molecule has 0 unspecified atom stereocenters. The second-order valence-corrected chi connectivity index (χ2v) is 7.04. The maximum Gasteiger partial charge on any atom is 0.418 e. The lowest BCUT2D eigenvalue weighted by molar-refractivity contribution is -0.126. The van der Waals surface area contributed by atoms with Gasteiger partial charge in [0.1, 0.15) is 0 Å². The van der Waals surface area contributed by atoms with Gasteiger partial charge in [0.25, 0.3) is 0 Å². The molecule has 0 bridgehead atoms. The zero-order chi connectivity index (χ0) is 19.6. The van der Waals surface area contributed by atoms with Crippen LogP contribution in [0.25, 0.3) is 0 Å². The standard InChI is InChI=1S/C21H29N3O3/c1-4-5-15-27-21(26)24-11-6-7-19(10-14-24)23-12-8-18(9-13-23)20(25)22-16-17(2)3/h6-7,10-11,14,17-18H,8-9,12-13,15-16H2,1-3H3,(H,22,25). The number of nitrogens with one attached hydrogen (secondary N) is 1. The van der Waals surface area contributed by atoms with Gasteiger partial charge in [0.05, 0.1) is 0 Å². The third kappa shape index (κ3) is 6.52. The van der Waals surface area contributed by atoms with Crippen LogP contribution in [0.3, 0.4) is 0 Å². The molecule has 2 heterocycles. The molecule has 1 saturated heterocycles. The predicted octanol–water partition coefficient (Wildman–Crippen LogP) is 2.86. The second-order valence-electron chi connectivity index (χ2n) is 7.04. The number of likely N-dealkylation sites (tertiary alicyclic amines) is 1. The maximum atomic E-state index is 12.2. The van der Waals surface area contributed by atoms with Crippen molar-refractivity contribution in [1.82, 2.24) is 15.1 Å². The summed E-state index contributed by atoms with van der Waals surface area (Å²) in [5.41, 5.74) is 1.02. The van der Waals surface area contributed by atoms with Crippen LogP contribution in [0.1, 0.15) is 33.6 Å². The van der Waals surface area contributed by atoms with E-state index in [1.165, 1.54) is 4.90 Å². The Labute approximate surface area is 161 Å². The zero-order valence-corrected chi connectivity index (χ0v) is 16.4. The van der Waals surface area contributed by atoms with Crippen LogP contribution in [0.15, 0.2) is 36.3 Å². The van der Waals surface area contributed by atoms with E-state index in [4.69, 9.17) is 4.74 Å². The van der Waals surface area contributed by atoms with Crippen molar-refractivity contribution in [3.8, 4) is 11.8 Å². The molecule has 0 saturated carbocycles. The fraction of sp³-hybridized carbons (Fsp3) is 0.524. The SMILES string of the molecule is CC#CCOC(=O)N1C=CC=C(N2CCC(C(=O)NCC(C)C)CC2)C=C1. The third-order valence-corrected chi connectivity index (χ3v) is 4.49. The van der Waals surface area contributed by atoms with Crippen LogP contribution in [0.5, 0.6) is 0 Å². The summed E-state index contributed by atoms with van der Waals surface area (Å²) in [5, 5.41) is 3.03. The van der Waals surface area contributed by atoms with E-state index in [-0.39, 0.29) is 18.4 Å². The molecule has 0 aromatic heterocycles. The quantitative estimate of drug-likeness (QED) is 0.755. The first-order valence-corrected chi connectivity index (χ1v) is 9.45. The van der Waals surface area contributed by atoms with Gasteiger partial charge < -0.3 is 15.0 Å². The molecule has 27 heavy (non-hydrogen) atoms. The summed E-state index contributed by atoms with van der Waals surface area (Å²) in [6, 6.07) is 0. The highest BCUT2D eigenvalue weighted by molar-refractivity contribution is 5.78. The number of amides is 2. The first-order valence-electron chi connectivity index (χ1n) is 9.45. The molecule has 2 amide bonds. The molecule has 0 radical (unpaired) electrons. The number of piperidine rings is 1. The van der Waals surface area contributed by atoms with E-state index >= 15 is 0 Å². The second kappa shape index (κ2) is 10.5. The average molecular weight is 371 g/mol. The van der Waals surface area contributed by atoms with Gasteiger partial charge in [0.2, 0.25) is 5.91 Å². The lowest BCUT2D eigenvalue weighted by atomic mass is 9.95. The normalized spacial score (nSPS) is 17.1. The summed E-state index contributed by atoms with van der Waals surface area (Å²) >= 11 is 0. The third-order valence-electron chi connectivity index (χ3n) is 4.49. The van der Waals surface area contributed by atoms with E-state index in [9.17, 15) is 9.59 Å². The fourth-order valence-electron chi connectivity index (χ4n) is 2.92. The van der Waals surface area contributed by atoms with Gasteiger partial charge >= 0.3 is 6.09 Å². The number of ether oxygens (including phenoxy) is 1. The highest BCUT2D eigenvalue weighted by Crippen LogP contribution is 2.22. The van der Waals surface area contributed by atoms with Gasteiger partial charge in [-0.2, -0.15) is 0 Å². The Morgan fingerprint density at radius 2 is 2.04 bits per heavy atom.